The lowest BCUT2D eigenvalue weighted by atomic mass is 10.1. The molecule has 0 unspecified atom stereocenters. The van der Waals surface area contributed by atoms with Crippen molar-refractivity contribution in [3.05, 3.63) is 42.5 Å². The van der Waals surface area contributed by atoms with Crippen molar-refractivity contribution < 1.29 is 4.79 Å². The zero-order chi connectivity index (χ0) is 13.0. The van der Waals surface area contributed by atoms with Crippen LogP contribution in [-0.2, 0) is 11.2 Å². The number of hydrogen-bond acceptors (Lipinski definition) is 2. The molecule has 18 heavy (non-hydrogen) atoms. The van der Waals surface area contributed by atoms with E-state index in [4.69, 9.17) is 5.73 Å². The van der Waals surface area contributed by atoms with Gasteiger partial charge in [0, 0.05) is 24.7 Å². The third-order valence-electron chi connectivity index (χ3n) is 3.24. The van der Waals surface area contributed by atoms with Gasteiger partial charge in [-0.3, -0.25) is 4.79 Å². The molecule has 3 heteroatoms. The molecule has 1 aliphatic rings. The molecule has 0 bridgehead atoms. The van der Waals surface area contributed by atoms with E-state index < -0.39 is 0 Å². The van der Waals surface area contributed by atoms with Gasteiger partial charge in [0.2, 0.25) is 5.91 Å². The number of anilines is 1. The van der Waals surface area contributed by atoms with Gasteiger partial charge >= 0.3 is 0 Å². The third-order valence-corrected chi connectivity index (χ3v) is 3.24. The summed E-state index contributed by atoms with van der Waals surface area (Å²) in [6, 6.07) is 8.18. The molecule has 0 aliphatic heterocycles. The van der Waals surface area contributed by atoms with Gasteiger partial charge in [-0.05, 0) is 37.0 Å². The highest BCUT2D eigenvalue weighted by molar-refractivity contribution is 5.77. The number of nitrogens with two attached hydrogens (primary N) is 1. The highest BCUT2D eigenvalue weighted by atomic mass is 16.2. The van der Waals surface area contributed by atoms with E-state index in [1.807, 2.05) is 29.2 Å². The minimum atomic E-state index is 0.231. The Kier molecular flexibility index (Phi) is 4.03. The van der Waals surface area contributed by atoms with Gasteiger partial charge in [-0.25, -0.2) is 0 Å². The Hall–Kier alpha value is -1.77. The molecule has 1 fully saturated rings. The maximum absolute atomic E-state index is 12.1. The SMILES string of the molecule is C=CCN(C(=O)CCc1ccc(N)cc1)C1CC1. The molecule has 0 radical (unpaired) electrons. The van der Waals surface area contributed by atoms with E-state index in [-0.39, 0.29) is 5.91 Å². The maximum Gasteiger partial charge on any atom is 0.223 e. The predicted molar refractivity (Wildman–Crippen MR) is 74.1 cm³/mol. The largest absolute Gasteiger partial charge is 0.399 e. The van der Waals surface area contributed by atoms with Crippen LogP contribution in [0.4, 0.5) is 5.69 Å². The number of carbonyl (C=O) groups excluding carboxylic acids is 1. The standard InChI is InChI=1S/C15H20N2O/c1-2-11-17(14-8-9-14)15(18)10-5-12-3-6-13(16)7-4-12/h2-4,6-7,14H,1,5,8-11,16H2. The van der Waals surface area contributed by atoms with E-state index in [1.54, 1.807) is 6.08 Å². The number of hydrogen-bond donors (Lipinski definition) is 1. The van der Waals surface area contributed by atoms with Gasteiger partial charge in [0.05, 0.1) is 0 Å². The molecule has 1 amide bonds. The summed E-state index contributed by atoms with van der Waals surface area (Å²) in [5.41, 5.74) is 7.55. The molecule has 1 aromatic carbocycles. The molecule has 1 aromatic rings. The van der Waals surface area contributed by atoms with Crippen molar-refractivity contribution >= 4 is 11.6 Å². The van der Waals surface area contributed by atoms with Crippen LogP contribution in [0.2, 0.25) is 0 Å². The van der Waals surface area contributed by atoms with Gasteiger partial charge in [-0.2, -0.15) is 0 Å². The van der Waals surface area contributed by atoms with Crippen LogP contribution < -0.4 is 5.73 Å². The zero-order valence-corrected chi connectivity index (χ0v) is 10.6. The lowest BCUT2D eigenvalue weighted by Crippen LogP contribution is -2.33. The van der Waals surface area contributed by atoms with Crippen molar-refractivity contribution in [3.63, 3.8) is 0 Å². The smallest absolute Gasteiger partial charge is 0.223 e. The molecular formula is C15H20N2O. The number of carbonyl (C=O) groups is 1. The average molecular weight is 244 g/mol. The Bertz CT molecular complexity index is 421. The summed E-state index contributed by atoms with van der Waals surface area (Å²) in [7, 11) is 0. The van der Waals surface area contributed by atoms with Crippen LogP contribution in [0.15, 0.2) is 36.9 Å². The second-order valence-corrected chi connectivity index (χ2v) is 4.81. The first kappa shape index (κ1) is 12.7. The summed E-state index contributed by atoms with van der Waals surface area (Å²) in [5, 5.41) is 0. The molecule has 1 aliphatic carbocycles. The van der Waals surface area contributed by atoms with Crippen molar-refractivity contribution in [2.45, 2.75) is 31.7 Å². The maximum atomic E-state index is 12.1. The van der Waals surface area contributed by atoms with Gasteiger partial charge in [0.15, 0.2) is 0 Å². The fourth-order valence-electron chi connectivity index (χ4n) is 2.06. The molecule has 2 N–H and O–H groups in total. The lowest BCUT2D eigenvalue weighted by Gasteiger charge is -2.20. The minimum absolute atomic E-state index is 0.231. The van der Waals surface area contributed by atoms with E-state index in [2.05, 4.69) is 6.58 Å². The Balaban J connectivity index is 1.86. The fraction of sp³-hybridized carbons (Fsp3) is 0.400. The zero-order valence-electron chi connectivity index (χ0n) is 10.6. The highest BCUT2D eigenvalue weighted by Crippen LogP contribution is 2.27. The van der Waals surface area contributed by atoms with Crippen molar-refractivity contribution in [3.8, 4) is 0 Å². The summed E-state index contributed by atoms with van der Waals surface area (Å²) >= 11 is 0. The Labute approximate surface area is 108 Å². The van der Waals surface area contributed by atoms with Crippen LogP contribution in [0.5, 0.6) is 0 Å². The molecule has 1 saturated carbocycles. The number of rotatable bonds is 6. The van der Waals surface area contributed by atoms with Crippen molar-refractivity contribution in [1.29, 1.82) is 0 Å². The minimum Gasteiger partial charge on any atom is -0.399 e. The summed E-state index contributed by atoms with van der Waals surface area (Å²) in [6.45, 7) is 4.39. The number of amides is 1. The summed E-state index contributed by atoms with van der Waals surface area (Å²) < 4.78 is 0. The van der Waals surface area contributed by atoms with Crippen LogP contribution >= 0.6 is 0 Å². The van der Waals surface area contributed by atoms with Gasteiger partial charge in [-0.1, -0.05) is 18.2 Å². The van der Waals surface area contributed by atoms with Crippen LogP contribution in [0, 0.1) is 0 Å². The van der Waals surface area contributed by atoms with E-state index in [0.717, 1.165) is 30.5 Å². The number of benzene rings is 1. The van der Waals surface area contributed by atoms with Gasteiger partial charge in [-0.15, -0.1) is 6.58 Å². The van der Waals surface area contributed by atoms with E-state index in [9.17, 15) is 4.79 Å². The predicted octanol–water partition coefficient (Wildman–Crippen LogP) is 2.38. The molecule has 2 rings (SSSR count). The second-order valence-electron chi connectivity index (χ2n) is 4.81. The molecule has 3 nitrogen and oxygen atoms in total. The molecule has 0 aromatic heterocycles. The van der Waals surface area contributed by atoms with E-state index in [0.29, 0.717) is 19.0 Å². The van der Waals surface area contributed by atoms with Crippen LogP contribution in [0.3, 0.4) is 0 Å². The fourth-order valence-corrected chi connectivity index (χ4v) is 2.06. The second kappa shape index (κ2) is 5.71. The van der Waals surface area contributed by atoms with Crippen LogP contribution in [0.25, 0.3) is 0 Å². The molecule has 0 saturated heterocycles. The summed E-state index contributed by atoms with van der Waals surface area (Å²) in [6.07, 6.45) is 5.43. The highest BCUT2D eigenvalue weighted by Gasteiger charge is 2.31. The first-order chi connectivity index (χ1) is 8.70. The normalized spacial score (nSPS) is 14.2. The van der Waals surface area contributed by atoms with Crippen LogP contribution in [-0.4, -0.2) is 23.4 Å². The average Bonchev–Trinajstić information content (AvgIpc) is 3.19. The Morgan fingerprint density at radius 3 is 2.61 bits per heavy atom. The topological polar surface area (TPSA) is 46.3 Å². The first-order valence-corrected chi connectivity index (χ1v) is 6.45. The Morgan fingerprint density at radius 1 is 1.39 bits per heavy atom. The third kappa shape index (κ3) is 3.36. The van der Waals surface area contributed by atoms with Gasteiger partial charge in [0.25, 0.3) is 0 Å². The Morgan fingerprint density at radius 2 is 2.06 bits per heavy atom. The first-order valence-electron chi connectivity index (χ1n) is 6.45. The molecule has 0 heterocycles. The lowest BCUT2D eigenvalue weighted by molar-refractivity contribution is -0.131. The van der Waals surface area contributed by atoms with E-state index >= 15 is 0 Å². The van der Waals surface area contributed by atoms with Crippen molar-refractivity contribution in [1.82, 2.24) is 4.90 Å². The molecular weight excluding hydrogens is 224 g/mol. The van der Waals surface area contributed by atoms with E-state index in [1.165, 1.54) is 0 Å². The molecule has 0 spiro atoms. The number of nitrogen functional groups attached to an aromatic ring is 1. The number of nitrogens with zero attached hydrogens (tertiary/aromatic N) is 1. The van der Waals surface area contributed by atoms with Gasteiger partial charge < -0.3 is 10.6 Å². The summed E-state index contributed by atoms with van der Waals surface area (Å²) in [4.78, 5) is 14.1. The quantitative estimate of drug-likeness (QED) is 0.617. The summed E-state index contributed by atoms with van der Waals surface area (Å²) in [5.74, 6) is 0.231. The monoisotopic (exact) mass is 244 g/mol. The van der Waals surface area contributed by atoms with Crippen molar-refractivity contribution in [2.24, 2.45) is 0 Å². The van der Waals surface area contributed by atoms with Crippen LogP contribution in [0.1, 0.15) is 24.8 Å². The number of aryl methyl sites for hydroxylation is 1. The van der Waals surface area contributed by atoms with Crippen molar-refractivity contribution in [2.75, 3.05) is 12.3 Å². The molecule has 96 valence electrons. The van der Waals surface area contributed by atoms with Gasteiger partial charge in [0.1, 0.15) is 0 Å². The molecule has 0 atom stereocenters.